The van der Waals surface area contributed by atoms with E-state index in [2.05, 4.69) is 10.4 Å². The molecule has 2 heterocycles. The van der Waals surface area contributed by atoms with Crippen LogP contribution in [0.25, 0.3) is 0 Å². The highest BCUT2D eigenvalue weighted by Crippen LogP contribution is 2.32. The Morgan fingerprint density at radius 2 is 2.20 bits per heavy atom. The number of anilines is 1. The highest BCUT2D eigenvalue weighted by molar-refractivity contribution is 5.88. The second-order valence-corrected chi connectivity index (χ2v) is 6.59. The molecule has 25 heavy (non-hydrogen) atoms. The minimum Gasteiger partial charge on any atom is -0.497 e. The first kappa shape index (κ1) is 17.1. The smallest absolute Gasteiger partial charge is 0.323 e. The van der Waals surface area contributed by atoms with E-state index in [-0.39, 0.29) is 5.82 Å². The number of hydrogen-bond donors (Lipinski definition) is 1. The molecule has 3 rings (SSSR count). The van der Waals surface area contributed by atoms with E-state index in [9.17, 15) is 9.18 Å². The first-order valence-corrected chi connectivity index (χ1v) is 7.88. The number of nitrogens with zero attached hydrogens (tertiary/aromatic N) is 3. The van der Waals surface area contributed by atoms with Crippen molar-refractivity contribution in [1.82, 2.24) is 14.7 Å². The maximum absolute atomic E-state index is 13.7. The molecule has 0 saturated heterocycles. The summed E-state index contributed by atoms with van der Waals surface area (Å²) in [5, 5.41) is 6.37. The summed E-state index contributed by atoms with van der Waals surface area (Å²) in [5.41, 5.74) is 0.243. The van der Waals surface area contributed by atoms with Crippen LogP contribution in [0.3, 0.4) is 0 Å². The maximum atomic E-state index is 13.7. The fraction of sp³-hybridized carbons (Fsp3) is 0.412. The number of benzene rings is 1. The first-order chi connectivity index (χ1) is 11.8. The van der Waals surface area contributed by atoms with Crippen molar-refractivity contribution in [3.8, 4) is 11.5 Å². The molecular formula is C17H21FN4O3. The van der Waals surface area contributed by atoms with E-state index in [1.165, 1.54) is 4.68 Å². The van der Waals surface area contributed by atoms with Crippen molar-refractivity contribution in [2.75, 3.05) is 19.0 Å². The topological polar surface area (TPSA) is 68.6 Å². The highest BCUT2D eigenvalue weighted by Gasteiger charge is 2.32. The molecule has 0 unspecified atom stereocenters. The lowest BCUT2D eigenvalue weighted by molar-refractivity contribution is 0.0832. The molecule has 0 saturated carbocycles. The van der Waals surface area contributed by atoms with Crippen LogP contribution in [0, 0.1) is 5.82 Å². The summed E-state index contributed by atoms with van der Waals surface area (Å²) in [6, 6.07) is 5.07. The predicted molar refractivity (Wildman–Crippen MR) is 90.3 cm³/mol. The third-order valence-electron chi connectivity index (χ3n) is 4.00. The molecule has 134 valence electrons. The number of hydrogen-bond acceptors (Lipinski definition) is 4. The van der Waals surface area contributed by atoms with Gasteiger partial charge < -0.3 is 14.4 Å². The van der Waals surface area contributed by atoms with Crippen molar-refractivity contribution in [3.63, 3.8) is 0 Å². The van der Waals surface area contributed by atoms with Crippen molar-refractivity contribution in [1.29, 1.82) is 0 Å². The monoisotopic (exact) mass is 348 g/mol. The van der Waals surface area contributed by atoms with Gasteiger partial charge in [0.2, 0.25) is 0 Å². The van der Waals surface area contributed by atoms with E-state index in [1.807, 2.05) is 26.0 Å². The SMILES string of the molecule is COc1ccc2c(c1)OC(C)(C)CN(C(=O)Nc1c(F)cnn1C)C2. The van der Waals surface area contributed by atoms with E-state index >= 15 is 0 Å². The molecule has 0 spiro atoms. The second-order valence-electron chi connectivity index (χ2n) is 6.59. The van der Waals surface area contributed by atoms with Gasteiger partial charge in [0.05, 0.1) is 26.4 Å². The summed E-state index contributed by atoms with van der Waals surface area (Å²) >= 11 is 0. The minimum atomic E-state index is -0.611. The number of fused-ring (bicyclic) bond motifs is 1. The fourth-order valence-corrected chi connectivity index (χ4v) is 2.81. The molecule has 7 nitrogen and oxygen atoms in total. The quantitative estimate of drug-likeness (QED) is 0.906. The lowest BCUT2D eigenvalue weighted by Gasteiger charge is -2.29. The van der Waals surface area contributed by atoms with Crippen LogP contribution in [-0.4, -0.2) is 40.0 Å². The molecule has 1 aromatic heterocycles. The molecule has 1 aromatic carbocycles. The lowest BCUT2D eigenvalue weighted by Crippen LogP contribution is -2.45. The van der Waals surface area contributed by atoms with Crippen molar-refractivity contribution in [2.24, 2.45) is 7.05 Å². The Balaban J connectivity index is 1.87. The van der Waals surface area contributed by atoms with Crippen LogP contribution in [0.5, 0.6) is 11.5 Å². The maximum Gasteiger partial charge on any atom is 0.323 e. The minimum absolute atomic E-state index is 0.0305. The summed E-state index contributed by atoms with van der Waals surface area (Å²) in [4.78, 5) is 14.3. The number of urea groups is 1. The summed E-state index contributed by atoms with van der Waals surface area (Å²) < 4.78 is 26.3. The number of methoxy groups -OCH3 is 1. The van der Waals surface area contributed by atoms with E-state index in [0.717, 1.165) is 11.8 Å². The molecule has 2 aromatic rings. The summed E-state index contributed by atoms with van der Waals surface area (Å²) in [7, 11) is 3.15. The molecule has 0 fully saturated rings. The van der Waals surface area contributed by atoms with Gasteiger partial charge in [-0.3, -0.25) is 5.32 Å². The van der Waals surface area contributed by atoms with Gasteiger partial charge in [-0.25, -0.2) is 13.9 Å². The lowest BCUT2D eigenvalue weighted by atomic mass is 10.1. The number of halogens is 1. The van der Waals surface area contributed by atoms with Gasteiger partial charge in [-0.15, -0.1) is 0 Å². The van der Waals surface area contributed by atoms with Gasteiger partial charge in [-0.2, -0.15) is 5.10 Å². The van der Waals surface area contributed by atoms with Gasteiger partial charge in [0.15, 0.2) is 11.6 Å². The van der Waals surface area contributed by atoms with Gasteiger partial charge in [0, 0.05) is 18.7 Å². The van der Waals surface area contributed by atoms with Crippen LogP contribution in [0.15, 0.2) is 24.4 Å². The zero-order valence-corrected chi connectivity index (χ0v) is 14.7. The third-order valence-corrected chi connectivity index (χ3v) is 4.00. The molecule has 1 aliphatic heterocycles. The van der Waals surface area contributed by atoms with E-state index in [4.69, 9.17) is 9.47 Å². The second kappa shape index (κ2) is 6.27. The van der Waals surface area contributed by atoms with Crippen molar-refractivity contribution < 1.29 is 18.7 Å². The molecular weight excluding hydrogens is 327 g/mol. The van der Waals surface area contributed by atoms with Crippen molar-refractivity contribution >= 4 is 11.8 Å². The number of nitrogens with one attached hydrogen (secondary N) is 1. The molecule has 0 radical (unpaired) electrons. The highest BCUT2D eigenvalue weighted by atomic mass is 19.1. The van der Waals surface area contributed by atoms with Crippen LogP contribution in [0.1, 0.15) is 19.4 Å². The summed E-state index contributed by atoms with van der Waals surface area (Å²) in [5.74, 6) is 0.810. The van der Waals surface area contributed by atoms with E-state index < -0.39 is 17.4 Å². The van der Waals surface area contributed by atoms with Crippen molar-refractivity contribution in [2.45, 2.75) is 26.0 Å². The van der Waals surface area contributed by atoms with Crippen LogP contribution < -0.4 is 14.8 Å². The molecule has 1 aliphatic rings. The third kappa shape index (κ3) is 3.52. The summed E-state index contributed by atoms with van der Waals surface area (Å²) in [6.45, 7) is 4.47. The Kier molecular flexibility index (Phi) is 4.28. The van der Waals surface area contributed by atoms with Crippen LogP contribution in [-0.2, 0) is 13.6 Å². The van der Waals surface area contributed by atoms with E-state index in [1.54, 1.807) is 25.1 Å². The molecule has 2 amide bonds. The van der Waals surface area contributed by atoms with Gasteiger partial charge in [0.25, 0.3) is 0 Å². The molecule has 0 atom stereocenters. The number of aryl methyl sites for hydroxylation is 1. The standard InChI is InChI=1S/C17H21FN4O3/c1-17(2)10-22(16(23)20-15-13(18)8-19-21(15)3)9-11-5-6-12(24-4)7-14(11)25-17/h5-8H,9-10H2,1-4H3,(H,20,23). The largest absolute Gasteiger partial charge is 0.497 e. The first-order valence-electron chi connectivity index (χ1n) is 7.88. The fourth-order valence-electron chi connectivity index (χ4n) is 2.81. The Bertz CT molecular complexity index is 784. The normalized spacial score (nSPS) is 15.8. The Labute approximate surface area is 145 Å². The Morgan fingerprint density at radius 3 is 2.84 bits per heavy atom. The average molecular weight is 348 g/mol. The zero-order valence-electron chi connectivity index (χ0n) is 14.7. The molecule has 0 bridgehead atoms. The van der Waals surface area contributed by atoms with Gasteiger partial charge in [0.1, 0.15) is 17.1 Å². The number of rotatable bonds is 2. The zero-order chi connectivity index (χ0) is 18.2. The number of aromatic nitrogens is 2. The van der Waals surface area contributed by atoms with Crippen molar-refractivity contribution in [3.05, 3.63) is 35.8 Å². The van der Waals surface area contributed by atoms with Gasteiger partial charge in [-0.1, -0.05) is 0 Å². The molecule has 1 N–H and O–H groups in total. The van der Waals surface area contributed by atoms with Gasteiger partial charge >= 0.3 is 6.03 Å². The Hall–Kier alpha value is -2.77. The van der Waals surface area contributed by atoms with E-state index in [0.29, 0.717) is 24.6 Å². The van der Waals surface area contributed by atoms with Crippen LogP contribution in [0.4, 0.5) is 15.0 Å². The Morgan fingerprint density at radius 1 is 1.44 bits per heavy atom. The average Bonchev–Trinajstić information content (AvgIpc) is 2.79. The number of amides is 2. The number of carbonyl (C=O) groups excluding carboxylic acids is 1. The number of carbonyl (C=O) groups is 1. The molecule has 0 aliphatic carbocycles. The summed E-state index contributed by atoms with van der Waals surface area (Å²) in [6.07, 6.45) is 1.06. The van der Waals surface area contributed by atoms with Gasteiger partial charge in [-0.05, 0) is 26.0 Å². The van der Waals surface area contributed by atoms with Crippen LogP contribution >= 0.6 is 0 Å². The van der Waals surface area contributed by atoms with Crippen LogP contribution in [0.2, 0.25) is 0 Å². The number of ether oxygens (including phenoxy) is 2. The molecule has 8 heteroatoms. The predicted octanol–water partition coefficient (Wildman–Crippen LogP) is 2.77.